The van der Waals surface area contributed by atoms with E-state index < -0.39 is 0 Å². The second kappa shape index (κ2) is 7.56. The van der Waals surface area contributed by atoms with E-state index in [0.717, 1.165) is 19.4 Å². The lowest BCUT2D eigenvalue weighted by atomic mass is 9.99. The summed E-state index contributed by atoms with van der Waals surface area (Å²) < 4.78 is 5.05. The van der Waals surface area contributed by atoms with E-state index in [0.29, 0.717) is 12.0 Å². The van der Waals surface area contributed by atoms with Crippen LogP contribution in [0.25, 0.3) is 0 Å². The molecule has 0 aliphatic rings. The van der Waals surface area contributed by atoms with Crippen LogP contribution in [0.15, 0.2) is 0 Å². The van der Waals surface area contributed by atoms with Crippen LogP contribution in [0.4, 0.5) is 0 Å². The van der Waals surface area contributed by atoms with Crippen LogP contribution in [0, 0.1) is 5.92 Å². The third-order valence-corrected chi connectivity index (χ3v) is 2.08. The topological polar surface area (TPSA) is 35.2 Å². The fourth-order valence-corrected chi connectivity index (χ4v) is 1.45. The van der Waals surface area contributed by atoms with E-state index >= 15 is 0 Å². The molecule has 0 aromatic heterocycles. The maximum absolute atomic E-state index is 5.94. The highest BCUT2D eigenvalue weighted by Crippen LogP contribution is 2.09. The number of nitrogens with two attached hydrogens (primary N) is 1. The van der Waals surface area contributed by atoms with Crippen LogP contribution < -0.4 is 5.73 Å². The van der Waals surface area contributed by atoms with Crippen molar-refractivity contribution < 1.29 is 4.74 Å². The van der Waals surface area contributed by atoms with Gasteiger partial charge in [0.2, 0.25) is 0 Å². The van der Waals surface area contributed by atoms with Gasteiger partial charge in [-0.15, -0.1) is 0 Å². The first-order chi connectivity index (χ1) is 5.70. The number of methoxy groups -OCH3 is 1. The summed E-state index contributed by atoms with van der Waals surface area (Å²) in [5.74, 6) is 0.599. The summed E-state index contributed by atoms with van der Waals surface area (Å²) in [6.45, 7) is 5.22. The number of unbranched alkanes of at least 4 members (excludes halogenated alkanes) is 1. The van der Waals surface area contributed by atoms with Crippen molar-refractivity contribution in [3.63, 3.8) is 0 Å². The van der Waals surface area contributed by atoms with E-state index in [9.17, 15) is 0 Å². The Balaban J connectivity index is 3.33. The van der Waals surface area contributed by atoms with Gasteiger partial charge < -0.3 is 10.5 Å². The van der Waals surface area contributed by atoms with Gasteiger partial charge in [-0.25, -0.2) is 0 Å². The zero-order valence-electron chi connectivity index (χ0n) is 8.68. The van der Waals surface area contributed by atoms with Crippen LogP contribution >= 0.6 is 0 Å². The van der Waals surface area contributed by atoms with Gasteiger partial charge in [-0.3, -0.25) is 0 Å². The number of hydrogen-bond acceptors (Lipinski definition) is 2. The highest BCUT2D eigenvalue weighted by atomic mass is 16.5. The molecule has 2 N–H and O–H groups in total. The van der Waals surface area contributed by atoms with Crippen molar-refractivity contribution in [1.82, 2.24) is 0 Å². The first kappa shape index (κ1) is 11.9. The predicted molar refractivity (Wildman–Crippen MR) is 53.2 cm³/mol. The fourth-order valence-electron chi connectivity index (χ4n) is 1.45. The van der Waals surface area contributed by atoms with Crippen molar-refractivity contribution in [3.05, 3.63) is 0 Å². The van der Waals surface area contributed by atoms with Gasteiger partial charge in [0.1, 0.15) is 0 Å². The monoisotopic (exact) mass is 173 g/mol. The molecule has 0 saturated heterocycles. The lowest BCUT2D eigenvalue weighted by Crippen LogP contribution is -2.24. The third-order valence-electron chi connectivity index (χ3n) is 2.08. The van der Waals surface area contributed by atoms with Crippen LogP contribution in [0.5, 0.6) is 0 Å². The molecule has 0 aliphatic carbocycles. The van der Waals surface area contributed by atoms with E-state index in [4.69, 9.17) is 10.5 Å². The smallest absolute Gasteiger partial charge is 0.0488 e. The minimum Gasteiger partial charge on any atom is -0.384 e. The van der Waals surface area contributed by atoms with Gasteiger partial charge >= 0.3 is 0 Å². The Hall–Kier alpha value is -0.0800. The molecule has 0 rings (SSSR count). The Morgan fingerprint density at radius 3 is 2.58 bits per heavy atom. The van der Waals surface area contributed by atoms with E-state index in [-0.39, 0.29) is 0 Å². The van der Waals surface area contributed by atoms with E-state index in [1.165, 1.54) is 12.8 Å². The lowest BCUT2D eigenvalue weighted by molar-refractivity contribution is 0.151. The average molecular weight is 173 g/mol. The predicted octanol–water partition coefficient (Wildman–Crippen LogP) is 2.18. The Morgan fingerprint density at radius 1 is 1.42 bits per heavy atom. The SMILES string of the molecule is CCCCC(N)CC(C)COC. The van der Waals surface area contributed by atoms with Crippen molar-refractivity contribution in [2.24, 2.45) is 11.7 Å². The molecule has 2 nitrogen and oxygen atoms in total. The minimum absolute atomic E-state index is 0.370. The van der Waals surface area contributed by atoms with Crippen molar-refractivity contribution in [1.29, 1.82) is 0 Å². The number of rotatable bonds is 7. The van der Waals surface area contributed by atoms with Gasteiger partial charge in [0, 0.05) is 19.8 Å². The Bertz CT molecular complexity index is 95.8. The van der Waals surface area contributed by atoms with E-state index in [1.54, 1.807) is 7.11 Å². The molecule has 2 unspecified atom stereocenters. The molecular formula is C10H23NO. The van der Waals surface area contributed by atoms with Crippen LogP contribution in [0.1, 0.15) is 39.5 Å². The summed E-state index contributed by atoms with van der Waals surface area (Å²) in [6, 6.07) is 0.370. The summed E-state index contributed by atoms with van der Waals surface area (Å²) in [6.07, 6.45) is 4.74. The van der Waals surface area contributed by atoms with Gasteiger partial charge in [0.25, 0.3) is 0 Å². The summed E-state index contributed by atoms with van der Waals surface area (Å²) in [5.41, 5.74) is 5.94. The molecule has 74 valence electrons. The Kier molecular flexibility index (Phi) is 7.51. The fraction of sp³-hybridized carbons (Fsp3) is 1.00. The molecule has 0 amide bonds. The molecule has 0 aromatic carbocycles. The molecule has 0 aromatic rings. The number of hydrogen-bond donors (Lipinski definition) is 1. The van der Waals surface area contributed by atoms with Crippen molar-refractivity contribution >= 4 is 0 Å². The van der Waals surface area contributed by atoms with Crippen LogP contribution in [-0.4, -0.2) is 19.8 Å². The molecule has 0 bridgehead atoms. The van der Waals surface area contributed by atoms with Gasteiger partial charge in [-0.2, -0.15) is 0 Å². The molecule has 12 heavy (non-hydrogen) atoms. The zero-order valence-corrected chi connectivity index (χ0v) is 8.68. The van der Waals surface area contributed by atoms with Gasteiger partial charge in [-0.05, 0) is 18.8 Å². The van der Waals surface area contributed by atoms with E-state index in [2.05, 4.69) is 13.8 Å². The van der Waals surface area contributed by atoms with Gasteiger partial charge in [0.15, 0.2) is 0 Å². The van der Waals surface area contributed by atoms with Crippen molar-refractivity contribution in [2.45, 2.75) is 45.6 Å². The van der Waals surface area contributed by atoms with Crippen LogP contribution in [0.3, 0.4) is 0 Å². The standard InChI is InChI=1S/C10H23NO/c1-4-5-6-10(11)7-9(2)8-12-3/h9-10H,4-8,11H2,1-3H3. The van der Waals surface area contributed by atoms with Gasteiger partial charge in [0.05, 0.1) is 0 Å². The lowest BCUT2D eigenvalue weighted by Gasteiger charge is -2.15. The van der Waals surface area contributed by atoms with Crippen LogP contribution in [0.2, 0.25) is 0 Å². The molecule has 2 heteroatoms. The second-order valence-electron chi connectivity index (χ2n) is 3.70. The summed E-state index contributed by atoms with van der Waals surface area (Å²) in [5, 5.41) is 0. The summed E-state index contributed by atoms with van der Waals surface area (Å²) in [4.78, 5) is 0. The highest BCUT2D eigenvalue weighted by Gasteiger charge is 2.07. The first-order valence-corrected chi connectivity index (χ1v) is 4.95. The molecule has 0 fully saturated rings. The maximum Gasteiger partial charge on any atom is 0.0488 e. The molecule has 2 atom stereocenters. The minimum atomic E-state index is 0.370. The summed E-state index contributed by atoms with van der Waals surface area (Å²) >= 11 is 0. The third kappa shape index (κ3) is 6.62. The maximum atomic E-state index is 5.94. The molecular weight excluding hydrogens is 150 g/mol. The molecule has 0 saturated carbocycles. The van der Waals surface area contributed by atoms with Gasteiger partial charge in [-0.1, -0.05) is 26.7 Å². The quantitative estimate of drug-likeness (QED) is 0.640. The first-order valence-electron chi connectivity index (χ1n) is 4.95. The van der Waals surface area contributed by atoms with E-state index in [1.807, 2.05) is 0 Å². The number of ether oxygens (including phenoxy) is 1. The Labute approximate surface area is 76.5 Å². The van der Waals surface area contributed by atoms with Crippen LogP contribution in [-0.2, 0) is 4.74 Å². The van der Waals surface area contributed by atoms with Crippen molar-refractivity contribution in [3.8, 4) is 0 Å². The molecule has 0 spiro atoms. The normalized spacial score (nSPS) is 16.0. The average Bonchev–Trinajstić information content (AvgIpc) is 2.01. The molecule has 0 aliphatic heterocycles. The largest absolute Gasteiger partial charge is 0.384 e. The molecule has 0 heterocycles. The highest BCUT2D eigenvalue weighted by molar-refractivity contribution is 4.65. The molecule has 0 radical (unpaired) electrons. The van der Waals surface area contributed by atoms with Crippen molar-refractivity contribution in [2.75, 3.05) is 13.7 Å². The Morgan fingerprint density at radius 2 is 2.08 bits per heavy atom. The summed E-state index contributed by atoms with van der Waals surface area (Å²) in [7, 11) is 1.74. The second-order valence-corrected chi connectivity index (χ2v) is 3.70. The zero-order chi connectivity index (χ0) is 9.40.